The van der Waals surface area contributed by atoms with Crippen LogP contribution in [0.2, 0.25) is 0 Å². The average Bonchev–Trinajstić information content (AvgIpc) is 2.60. The van der Waals surface area contributed by atoms with Crippen LogP contribution in [0.5, 0.6) is 5.75 Å². The predicted octanol–water partition coefficient (Wildman–Crippen LogP) is 3.91. The molecular formula is C20H23BrN2O4S. The third-order valence-corrected chi connectivity index (χ3v) is 6.36. The third-order valence-electron chi connectivity index (χ3n) is 4.52. The molecular weight excluding hydrogens is 444 g/mol. The van der Waals surface area contributed by atoms with Gasteiger partial charge >= 0.3 is 0 Å². The zero-order chi connectivity index (χ0) is 20.7. The minimum absolute atomic E-state index is 0.0876. The number of hydrogen-bond donors (Lipinski definition) is 1. The standard InChI is InChI=1S/C20H23BrN2O4S/c1-20(2,3)13-9-10-17-16(11-13)23(28(4,25)26)12-18(27-17)19(24)22-15-8-6-5-7-14(15)21/h5-11,18H,12H2,1-4H3,(H,22,24). The average molecular weight is 467 g/mol. The number of fused-ring (bicyclic) bond motifs is 1. The molecule has 0 radical (unpaired) electrons. The van der Waals surface area contributed by atoms with Crippen LogP contribution in [0.4, 0.5) is 11.4 Å². The van der Waals surface area contributed by atoms with E-state index in [1.54, 1.807) is 18.2 Å². The Hall–Kier alpha value is -2.06. The monoisotopic (exact) mass is 466 g/mol. The van der Waals surface area contributed by atoms with Crippen molar-refractivity contribution in [3.05, 3.63) is 52.5 Å². The Morgan fingerprint density at radius 3 is 2.50 bits per heavy atom. The van der Waals surface area contributed by atoms with Crippen molar-refractivity contribution in [3.8, 4) is 5.75 Å². The summed E-state index contributed by atoms with van der Waals surface area (Å²) < 4.78 is 32.7. The van der Waals surface area contributed by atoms with Gasteiger partial charge in [-0.1, -0.05) is 39.0 Å². The van der Waals surface area contributed by atoms with Crippen molar-refractivity contribution in [1.29, 1.82) is 0 Å². The number of anilines is 2. The lowest BCUT2D eigenvalue weighted by molar-refractivity contribution is -0.122. The predicted molar refractivity (Wildman–Crippen MR) is 115 cm³/mol. The second-order valence-electron chi connectivity index (χ2n) is 7.80. The minimum atomic E-state index is -3.58. The number of hydrogen-bond acceptors (Lipinski definition) is 4. The first kappa shape index (κ1) is 20.7. The van der Waals surface area contributed by atoms with Crippen LogP contribution in [0.15, 0.2) is 46.9 Å². The van der Waals surface area contributed by atoms with Gasteiger partial charge in [0.2, 0.25) is 10.0 Å². The molecule has 0 aliphatic carbocycles. The molecule has 2 aromatic rings. The molecule has 0 aromatic heterocycles. The Bertz CT molecular complexity index is 1020. The molecule has 28 heavy (non-hydrogen) atoms. The maximum atomic E-state index is 12.7. The fourth-order valence-corrected chi connectivity index (χ4v) is 4.23. The molecule has 1 heterocycles. The van der Waals surface area contributed by atoms with E-state index >= 15 is 0 Å². The van der Waals surface area contributed by atoms with Gasteiger partial charge in [-0.15, -0.1) is 0 Å². The number of sulfonamides is 1. The number of amides is 1. The number of rotatable bonds is 3. The fraction of sp³-hybridized carbons (Fsp3) is 0.350. The number of benzene rings is 2. The smallest absolute Gasteiger partial charge is 0.267 e. The molecule has 1 aliphatic rings. The van der Waals surface area contributed by atoms with Crippen LogP contribution < -0.4 is 14.4 Å². The lowest BCUT2D eigenvalue weighted by Crippen LogP contribution is -2.48. The molecule has 8 heteroatoms. The Morgan fingerprint density at radius 1 is 1.21 bits per heavy atom. The van der Waals surface area contributed by atoms with E-state index in [1.165, 1.54) is 4.31 Å². The van der Waals surface area contributed by atoms with Gasteiger partial charge in [-0.25, -0.2) is 8.42 Å². The van der Waals surface area contributed by atoms with Gasteiger partial charge in [0.05, 0.1) is 24.2 Å². The maximum absolute atomic E-state index is 12.7. The van der Waals surface area contributed by atoms with Crippen molar-refractivity contribution in [2.45, 2.75) is 32.3 Å². The maximum Gasteiger partial charge on any atom is 0.267 e. The Labute approximate surface area is 174 Å². The van der Waals surface area contributed by atoms with Gasteiger partial charge in [0, 0.05) is 4.47 Å². The first-order chi connectivity index (χ1) is 13.0. The van der Waals surface area contributed by atoms with Crippen LogP contribution in [-0.2, 0) is 20.2 Å². The van der Waals surface area contributed by atoms with Crippen LogP contribution in [0.3, 0.4) is 0 Å². The first-order valence-electron chi connectivity index (χ1n) is 8.81. The number of para-hydroxylation sites is 1. The van der Waals surface area contributed by atoms with Gasteiger partial charge in [0.1, 0.15) is 5.75 Å². The fourth-order valence-electron chi connectivity index (χ4n) is 2.94. The molecule has 1 atom stereocenters. The molecule has 0 saturated heterocycles. The molecule has 0 spiro atoms. The normalized spacial score (nSPS) is 16.9. The first-order valence-corrected chi connectivity index (χ1v) is 11.5. The highest BCUT2D eigenvalue weighted by atomic mass is 79.9. The van der Waals surface area contributed by atoms with Crippen molar-refractivity contribution in [2.75, 3.05) is 22.4 Å². The highest BCUT2D eigenvalue weighted by Crippen LogP contribution is 2.38. The lowest BCUT2D eigenvalue weighted by atomic mass is 9.86. The van der Waals surface area contributed by atoms with E-state index in [0.717, 1.165) is 16.3 Å². The van der Waals surface area contributed by atoms with Crippen molar-refractivity contribution in [3.63, 3.8) is 0 Å². The van der Waals surface area contributed by atoms with E-state index in [1.807, 2.05) is 24.3 Å². The van der Waals surface area contributed by atoms with Gasteiger partial charge < -0.3 is 10.1 Å². The molecule has 3 rings (SSSR count). The molecule has 0 saturated carbocycles. The highest BCUT2D eigenvalue weighted by molar-refractivity contribution is 9.10. The van der Waals surface area contributed by atoms with Gasteiger partial charge in [-0.2, -0.15) is 0 Å². The van der Waals surface area contributed by atoms with Crippen LogP contribution in [-0.4, -0.2) is 33.2 Å². The number of nitrogens with one attached hydrogen (secondary N) is 1. The van der Waals surface area contributed by atoms with E-state index in [-0.39, 0.29) is 12.0 Å². The van der Waals surface area contributed by atoms with Crippen LogP contribution in [0, 0.1) is 0 Å². The van der Waals surface area contributed by atoms with Crippen molar-refractivity contribution < 1.29 is 17.9 Å². The Balaban J connectivity index is 1.94. The van der Waals surface area contributed by atoms with E-state index in [2.05, 4.69) is 42.0 Å². The molecule has 1 aliphatic heterocycles. The summed E-state index contributed by atoms with van der Waals surface area (Å²) >= 11 is 3.38. The summed E-state index contributed by atoms with van der Waals surface area (Å²) in [5, 5.41) is 2.79. The topological polar surface area (TPSA) is 75.7 Å². The zero-order valence-electron chi connectivity index (χ0n) is 16.2. The summed E-state index contributed by atoms with van der Waals surface area (Å²) in [4.78, 5) is 12.7. The number of halogens is 1. The van der Waals surface area contributed by atoms with Crippen molar-refractivity contribution in [1.82, 2.24) is 0 Å². The number of carbonyl (C=O) groups excluding carboxylic acids is 1. The SMILES string of the molecule is CC(C)(C)c1ccc2c(c1)N(S(C)(=O)=O)CC(C(=O)Nc1ccccc1Br)O2. The molecule has 1 amide bonds. The van der Waals surface area contributed by atoms with Gasteiger partial charge in [0.25, 0.3) is 5.91 Å². The number of carbonyl (C=O) groups is 1. The van der Waals surface area contributed by atoms with Crippen molar-refractivity contribution in [2.24, 2.45) is 0 Å². The Morgan fingerprint density at radius 2 is 1.89 bits per heavy atom. The second-order valence-corrected chi connectivity index (χ2v) is 10.6. The molecule has 1 unspecified atom stereocenters. The highest BCUT2D eigenvalue weighted by Gasteiger charge is 2.36. The molecule has 6 nitrogen and oxygen atoms in total. The lowest BCUT2D eigenvalue weighted by Gasteiger charge is -2.35. The van der Waals surface area contributed by atoms with Crippen LogP contribution in [0.25, 0.3) is 0 Å². The van der Waals surface area contributed by atoms with Crippen LogP contribution in [0.1, 0.15) is 26.3 Å². The molecule has 150 valence electrons. The second kappa shape index (κ2) is 7.40. The Kier molecular flexibility index (Phi) is 5.46. The summed E-state index contributed by atoms with van der Waals surface area (Å²) in [5.41, 5.74) is 1.89. The number of ether oxygens (including phenoxy) is 1. The zero-order valence-corrected chi connectivity index (χ0v) is 18.6. The van der Waals surface area contributed by atoms with Crippen molar-refractivity contribution >= 4 is 43.2 Å². The van der Waals surface area contributed by atoms with E-state index in [0.29, 0.717) is 17.1 Å². The van der Waals surface area contributed by atoms with E-state index in [4.69, 9.17) is 4.74 Å². The summed E-state index contributed by atoms with van der Waals surface area (Å²) in [6.07, 6.45) is 0.170. The summed E-state index contributed by atoms with van der Waals surface area (Å²) in [6.45, 7) is 6.07. The summed E-state index contributed by atoms with van der Waals surface area (Å²) in [5.74, 6) is -0.0388. The molecule has 0 bridgehead atoms. The largest absolute Gasteiger partial charge is 0.476 e. The third kappa shape index (κ3) is 4.33. The van der Waals surface area contributed by atoms with Crippen LogP contribution >= 0.6 is 15.9 Å². The summed E-state index contributed by atoms with van der Waals surface area (Å²) in [7, 11) is -3.58. The van der Waals surface area contributed by atoms with E-state index < -0.39 is 22.0 Å². The minimum Gasteiger partial charge on any atom is -0.476 e. The molecule has 0 fully saturated rings. The molecule has 1 N–H and O–H groups in total. The van der Waals surface area contributed by atoms with Gasteiger partial charge in [0.15, 0.2) is 6.10 Å². The number of nitrogens with zero attached hydrogens (tertiary/aromatic N) is 1. The summed E-state index contributed by atoms with van der Waals surface area (Å²) in [6, 6.07) is 12.6. The van der Waals surface area contributed by atoms with Gasteiger partial charge in [-0.05, 0) is 51.2 Å². The van der Waals surface area contributed by atoms with Gasteiger partial charge in [-0.3, -0.25) is 9.10 Å². The quantitative estimate of drug-likeness (QED) is 0.743. The molecule has 2 aromatic carbocycles. The van der Waals surface area contributed by atoms with E-state index in [9.17, 15) is 13.2 Å².